The third-order valence-corrected chi connectivity index (χ3v) is 3.00. The number of carbonyl (C=O) groups is 2. The predicted octanol–water partition coefficient (Wildman–Crippen LogP) is 2.70. The molecule has 20 heavy (non-hydrogen) atoms. The van der Waals surface area contributed by atoms with Crippen LogP contribution in [-0.2, 0) is 19.1 Å². The fourth-order valence-electron chi connectivity index (χ4n) is 1.81. The normalized spacial score (nSPS) is 13.3. The zero-order chi connectivity index (χ0) is 15.0. The Morgan fingerprint density at radius 2 is 1.95 bits per heavy atom. The highest BCUT2D eigenvalue weighted by Gasteiger charge is 2.23. The van der Waals surface area contributed by atoms with Crippen molar-refractivity contribution in [2.24, 2.45) is 5.92 Å². The Morgan fingerprint density at radius 3 is 2.45 bits per heavy atom. The van der Waals surface area contributed by atoms with Crippen molar-refractivity contribution in [3.63, 3.8) is 0 Å². The van der Waals surface area contributed by atoms with E-state index in [2.05, 4.69) is 6.58 Å². The van der Waals surface area contributed by atoms with E-state index in [1.54, 1.807) is 18.2 Å². The molecule has 1 aromatic carbocycles. The molecule has 0 saturated carbocycles. The smallest absolute Gasteiger partial charge is 0.339 e. The molecule has 4 heteroatoms. The van der Waals surface area contributed by atoms with Crippen molar-refractivity contribution in [3.05, 3.63) is 48.6 Å². The Kier molecular flexibility index (Phi) is 6.67. The van der Waals surface area contributed by atoms with Gasteiger partial charge in [-0.2, -0.15) is 0 Å². The topological polar surface area (TPSA) is 52.6 Å². The Labute approximate surface area is 119 Å². The number of hydrogen-bond acceptors (Lipinski definition) is 4. The van der Waals surface area contributed by atoms with Crippen molar-refractivity contribution in [1.82, 2.24) is 0 Å². The van der Waals surface area contributed by atoms with Crippen molar-refractivity contribution in [2.75, 3.05) is 13.7 Å². The summed E-state index contributed by atoms with van der Waals surface area (Å²) in [6.45, 7) is 5.12. The van der Waals surface area contributed by atoms with Gasteiger partial charge in [-0.05, 0) is 18.9 Å². The van der Waals surface area contributed by atoms with Gasteiger partial charge in [0.1, 0.15) is 12.4 Å². The van der Waals surface area contributed by atoms with Crippen molar-refractivity contribution < 1.29 is 19.1 Å². The van der Waals surface area contributed by atoms with Crippen LogP contribution in [0.2, 0.25) is 0 Å². The van der Waals surface area contributed by atoms with E-state index in [0.717, 1.165) is 5.56 Å². The molecule has 108 valence electrons. The summed E-state index contributed by atoms with van der Waals surface area (Å²) in [6, 6.07) is 9.09. The van der Waals surface area contributed by atoms with Crippen LogP contribution in [0.1, 0.15) is 25.0 Å². The van der Waals surface area contributed by atoms with Crippen LogP contribution in [0.15, 0.2) is 43.0 Å². The zero-order valence-electron chi connectivity index (χ0n) is 11.9. The Hall–Kier alpha value is -1.94. The largest absolute Gasteiger partial charge is 0.463 e. The molecule has 2 atom stereocenters. The first kappa shape index (κ1) is 16.1. The molecule has 0 heterocycles. The summed E-state index contributed by atoms with van der Waals surface area (Å²) in [7, 11) is 1.45. The molecule has 0 aromatic heterocycles. The van der Waals surface area contributed by atoms with Gasteiger partial charge in [-0.25, -0.2) is 4.79 Å². The fourth-order valence-corrected chi connectivity index (χ4v) is 1.81. The lowest BCUT2D eigenvalue weighted by Crippen LogP contribution is -2.24. The standard InChI is InChI=1S/C16H20O4/c1-4-8-14(12(2)17)11-20-16(18)15(19-3)13-9-6-5-7-10-13/h4-7,9-10,14-15H,1,8,11H2,2-3H3. The molecule has 0 N–H and O–H groups in total. The highest BCUT2D eigenvalue weighted by Crippen LogP contribution is 2.18. The molecule has 1 aromatic rings. The average molecular weight is 276 g/mol. The summed E-state index contributed by atoms with van der Waals surface area (Å²) in [5.74, 6) is -0.856. The first-order valence-corrected chi connectivity index (χ1v) is 6.45. The van der Waals surface area contributed by atoms with Crippen LogP contribution in [0.5, 0.6) is 0 Å². The van der Waals surface area contributed by atoms with Gasteiger partial charge in [-0.1, -0.05) is 36.4 Å². The Balaban J connectivity index is 2.64. The minimum Gasteiger partial charge on any atom is -0.463 e. The van der Waals surface area contributed by atoms with Gasteiger partial charge >= 0.3 is 5.97 Å². The zero-order valence-corrected chi connectivity index (χ0v) is 11.9. The van der Waals surface area contributed by atoms with E-state index in [1.165, 1.54) is 14.0 Å². The number of methoxy groups -OCH3 is 1. The van der Waals surface area contributed by atoms with Crippen LogP contribution >= 0.6 is 0 Å². The predicted molar refractivity (Wildman–Crippen MR) is 76.1 cm³/mol. The summed E-state index contributed by atoms with van der Waals surface area (Å²) in [5, 5.41) is 0. The van der Waals surface area contributed by atoms with Crippen molar-refractivity contribution >= 4 is 11.8 Å². The molecule has 0 radical (unpaired) electrons. The van der Waals surface area contributed by atoms with Crippen LogP contribution < -0.4 is 0 Å². The number of carbonyl (C=O) groups excluding carboxylic acids is 2. The number of benzene rings is 1. The first-order valence-electron chi connectivity index (χ1n) is 6.45. The fraction of sp³-hybridized carbons (Fsp3) is 0.375. The third-order valence-electron chi connectivity index (χ3n) is 3.00. The van der Waals surface area contributed by atoms with Gasteiger partial charge in [-0.15, -0.1) is 6.58 Å². The number of ether oxygens (including phenoxy) is 2. The maximum atomic E-state index is 12.0. The second-order valence-corrected chi connectivity index (χ2v) is 4.49. The molecule has 0 spiro atoms. The summed E-state index contributed by atoms with van der Waals surface area (Å²) in [4.78, 5) is 23.4. The van der Waals surface area contributed by atoms with Gasteiger partial charge in [0.05, 0.1) is 5.92 Å². The molecule has 0 aliphatic rings. The molecule has 4 nitrogen and oxygen atoms in total. The number of allylic oxidation sites excluding steroid dienone is 1. The number of Topliss-reactive ketones (excluding diaryl/α,β-unsaturated/α-hetero) is 1. The van der Waals surface area contributed by atoms with E-state index in [0.29, 0.717) is 6.42 Å². The SMILES string of the molecule is C=CCC(COC(=O)C(OC)c1ccccc1)C(C)=O. The van der Waals surface area contributed by atoms with Gasteiger partial charge < -0.3 is 9.47 Å². The second kappa shape index (κ2) is 8.27. The molecule has 0 fully saturated rings. The summed E-state index contributed by atoms with van der Waals surface area (Å²) in [5.41, 5.74) is 0.725. The monoisotopic (exact) mass is 276 g/mol. The molecule has 1 rings (SSSR count). The lowest BCUT2D eigenvalue weighted by atomic mass is 10.0. The van der Waals surface area contributed by atoms with E-state index in [4.69, 9.17) is 9.47 Å². The Bertz CT molecular complexity index is 453. The lowest BCUT2D eigenvalue weighted by Gasteiger charge is -2.17. The van der Waals surface area contributed by atoms with E-state index in [1.807, 2.05) is 18.2 Å². The molecular weight excluding hydrogens is 256 g/mol. The second-order valence-electron chi connectivity index (χ2n) is 4.49. The van der Waals surface area contributed by atoms with Crippen molar-refractivity contribution in [3.8, 4) is 0 Å². The van der Waals surface area contributed by atoms with Gasteiger partial charge in [0.2, 0.25) is 0 Å². The van der Waals surface area contributed by atoms with E-state index >= 15 is 0 Å². The van der Waals surface area contributed by atoms with E-state index in [-0.39, 0.29) is 18.3 Å². The molecule has 0 bridgehead atoms. The molecule has 0 saturated heterocycles. The molecule has 2 unspecified atom stereocenters. The maximum Gasteiger partial charge on any atom is 0.339 e. The molecular formula is C16H20O4. The van der Waals surface area contributed by atoms with Crippen molar-refractivity contribution in [2.45, 2.75) is 19.4 Å². The quantitative estimate of drug-likeness (QED) is 0.541. The number of rotatable bonds is 8. The van der Waals surface area contributed by atoms with Crippen LogP contribution in [-0.4, -0.2) is 25.5 Å². The summed E-state index contributed by atoms with van der Waals surface area (Å²) < 4.78 is 10.4. The van der Waals surface area contributed by atoms with E-state index < -0.39 is 12.1 Å². The Morgan fingerprint density at radius 1 is 1.30 bits per heavy atom. The number of hydrogen-bond donors (Lipinski definition) is 0. The van der Waals surface area contributed by atoms with Crippen LogP contribution in [0.25, 0.3) is 0 Å². The molecule has 0 aliphatic carbocycles. The van der Waals surface area contributed by atoms with Gasteiger partial charge in [0.15, 0.2) is 6.10 Å². The number of esters is 1. The summed E-state index contributed by atoms with van der Waals surface area (Å²) in [6.07, 6.45) is 1.36. The van der Waals surface area contributed by atoms with Crippen LogP contribution in [0, 0.1) is 5.92 Å². The minimum atomic E-state index is -0.771. The maximum absolute atomic E-state index is 12.0. The highest BCUT2D eigenvalue weighted by atomic mass is 16.6. The van der Waals surface area contributed by atoms with Crippen LogP contribution in [0.4, 0.5) is 0 Å². The molecule has 0 aliphatic heterocycles. The molecule has 0 amide bonds. The van der Waals surface area contributed by atoms with E-state index in [9.17, 15) is 9.59 Å². The van der Waals surface area contributed by atoms with Gasteiger partial charge in [-0.3, -0.25) is 4.79 Å². The van der Waals surface area contributed by atoms with Crippen LogP contribution in [0.3, 0.4) is 0 Å². The van der Waals surface area contributed by atoms with Crippen molar-refractivity contribution in [1.29, 1.82) is 0 Å². The average Bonchev–Trinajstić information content (AvgIpc) is 2.45. The lowest BCUT2D eigenvalue weighted by molar-refractivity contribution is -0.157. The summed E-state index contributed by atoms with van der Waals surface area (Å²) >= 11 is 0. The highest BCUT2D eigenvalue weighted by molar-refractivity contribution is 5.80. The van der Waals surface area contributed by atoms with Gasteiger partial charge in [0, 0.05) is 7.11 Å². The third kappa shape index (κ3) is 4.63. The minimum absolute atomic E-state index is 0.0219. The first-order chi connectivity index (χ1) is 9.60. The number of ketones is 1. The van der Waals surface area contributed by atoms with Gasteiger partial charge in [0.25, 0.3) is 0 Å².